The third-order valence-corrected chi connectivity index (χ3v) is 8.77. The molecule has 1 N–H and O–H groups in total. The van der Waals surface area contributed by atoms with E-state index in [1.54, 1.807) is 42.5 Å². The van der Waals surface area contributed by atoms with Crippen LogP contribution in [0.2, 0.25) is 0 Å². The second kappa shape index (κ2) is 13.7. The smallest absolute Gasteiger partial charge is 0.264 e. The Kier molecular flexibility index (Phi) is 10.7. The van der Waals surface area contributed by atoms with E-state index in [0.29, 0.717) is 18.7 Å². The van der Waals surface area contributed by atoms with Crippen molar-refractivity contribution in [1.29, 1.82) is 0 Å². The third kappa shape index (κ3) is 7.35. The van der Waals surface area contributed by atoms with E-state index in [1.807, 2.05) is 45.0 Å². The molecule has 202 valence electrons. The van der Waals surface area contributed by atoms with Gasteiger partial charge in [0.25, 0.3) is 10.0 Å². The second-order valence-corrected chi connectivity index (χ2v) is 12.1. The molecule has 0 aliphatic heterocycles. The van der Waals surface area contributed by atoms with E-state index in [4.69, 9.17) is 0 Å². The first-order valence-corrected chi connectivity index (χ1v) is 15.2. The van der Waals surface area contributed by atoms with Gasteiger partial charge in [-0.1, -0.05) is 56.3 Å². The van der Waals surface area contributed by atoms with Gasteiger partial charge in [0.1, 0.15) is 12.6 Å². The molecule has 0 spiro atoms. The van der Waals surface area contributed by atoms with Gasteiger partial charge in [-0.15, -0.1) is 0 Å². The van der Waals surface area contributed by atoms with E-state index in [-0.39, 0.29) is 17.3 Å². The standard InChI is InChI=1S/C29H34IN3O4S/c1-4-19-31-29(35)27(5-2)32(20-23-12-10-9-11-22(23)3)28(34)21-33(25-17-15-24(30)16-18-25)38(36,37)26-13-7-6-8-14-26/h6-18,27H,4-5,19-21H2,1-3H3,(H,31,35)/t27-/m1/s1. The van der Waals surface area contributed by atoms with Gasteiger partial charge in [-0.05, 0) is 89.9 Å². The van der Waals surface area contributed by atoms with Crippen molar-refractivity contribution in [2.24, 2.45) is 0 Å². The fraction of sp³-hybridized carbons (Fsp3) is 0.310. The highest BCUT2D eigenvalue weighted by molar-refractivity contribution is 14.1. The zero-order chi connectivity index (χ0) is 27.7. The van der Waals surface area contributed by atoms with Gasteiger partial charge in [0.2, 0.25) is 11.8 Å². The number of halogens is 1. The van der Waals surface area contributed by atoms with Crippen LogP contribution < -0.4 is 9.62 Å². The highest BCUT2D eigenvalue weighted by Gasteiger charge is 2.33. The number of hydrogen-bond acceptors (Lipinski definition) is 4. The van der Waals surface area contributed by atoms with Crippen LogP contribution in [0, 0.1) is 10.5 Å². The number of anilines is 1. The molecule has 7 nitrogen and oxygen atoms in total. The topological polar surface area (TPSA) is 86.8 Å². The predicted octanol–water partition coefficient (Wildman–Crippen LogP) is 5.13. The molecule has 9 heteroatoms. The Morgan fingerprint density at radius 3 is 2.16 bits per heavy atom. The molecular weight excluding hydrogens is 613 g/mol. The van der Waals surface area contributed by atoms with Crippen molar-refractivity contribution >= 4 is 50.1 Å². The number of carbonyl (C=O) groups is 2. The quantitative estimate of drug-likeness (QED) is 0.277. The molecule has 3 aromatic carbocycles. The van der Waals surface area contributed by atoms with Gasteiger partial charge in [-0.25, -0.2) is 8.42 Å². The number of nitrogens with one attached hydrogen (secondary N) is 1. The minimum absolute atomic E-state index is 0.0875. The van der Waals surface area contributed by atoms with Gasteiger partial charge in [-0.2, -0.15) is 0 Å². The van der Waals surface area contributed by atoms with Crippen LogP contribution in [-0.2, 0) is 26.2 Å². The Balaban J connectivity index is 2.04. The fourth-order valence-electron chi connectivity index (χ4n) is 4.11. The Bertz CT molecular complexity index is 1330. The SMILES string of the molecule is CCCNC(=O)[C@@H](CC)N(Cc1ccccc1C)C(=O)CN(c1ccc(I)cc1)S(=O)(=O)c1ccccc1. The van der Waals surface area contributed by atoms with Crippen molar-refractivity contribution in [3.05, 3.63) is 93.6 Å². The van der Waals surface area contributed by atoms with E-state index in [0.717, 1.165) is 25.4 Å². The molecule has 3 rings (SSSR count). The summed E-state index contributed by atoms with van der Waals surface area (Å²) < 4.78 is 29.6. The number of aryl methyl sites for hydroxylation is 1. The molecular formula is C29H34IN3O4S. The summed E-state index contributed by atoms with van der Waals surface area (Å²) in [6.07, 6.45) is 1.16. The second-order valence-electron chi connectivity index (χ2n) is 8.96. The Morgan fingerprint density at radius 2 is 1.55 bits per heavy atom. The monoisotopic (exact) mass is 647 g/mol. The summed E-state index contributed by atoms with van der Waals surface area (Å²) >= 11 is 2.15. The molecule has 0 aromatic heterocycles. The lowest BCUT2D eigenvalue weighted by molar-refractivity contribution is -0.140. The van der Waals surface area contributed by atoms with Gasteiger partial charge in [0.15, 0.2) is 0 Å². The van der Waals surface area contributed by atoms with Gasteiger partial charge in [-0.3, -0.25) is 13.9 Å². The molecule has 0 aliphatic rings. The first-order chi connectivity index (χ1) is 18.2. The van der Waals surface area contributed by atoms with Crippen molar-refractivity contribution in [3.63, 3.8) is 0 Å². The highest BCUT2D eigenvalue weighted by Crippen LogP contribution is 2.25. The van der Waals surface area contributed by atoms with Crippen molar-refractivity contribution in [2.45, 2.75) is 51.1 Å². The van der Waals surface area contributed by atoms with E-state index < -0.39 is 28.5 Å². The summed E-state index contributed by atoms with van der Waals surface area (Å²) in [5.41, 5.74) is 2.26. The highest BCUT2D eigenvalue weighted by atomic mass is 127. The van der Waals surface area contributed by atoms with Crippen molar-refractivity contribution < 1.29 is 18.0 Å². The summed E-state index contributed by atoms with van der Waals surface area (Å²) in [7, 11) is -4.06. The maximum atomic E-state index is 14.0. The van der Waals surface area contributed by atoms with E-state index in [1.165, 1.54) is 17.0 Å². The summed E-state index contributed by atoms with van der Waals surface area (Å²) in [6.45, 7) is 6.01. The minimum Gasteiger partial charge on any atom is -0.354 e. The van der Waals surface area contributed by atoms with Crippen molar-refractivity contribution in [1.82, 2.24) is 10.2 Å². The lowest BCUT2D eigenvalue weighted by Gasteiger charge is -2.33. The van der Waals surface area contributed by atoms with Crippen LogP contribution in [0.5, 0.6) is 0 Å². The normalized spacial score (nSPS) is 12.0. The molecule has 0 radical (unpaired) electrons. The molecule has 0 fully saturated rings. The summed E-state index contributed by atoms with van der Waals surface area (Å²) in [6, 6.07) is 22.0. The molecule has 0 heterocycles. The van der Waals surface area contributed by atoms with Crippen LogP contribution in [0.3, 0.4) is 0 Å². The van der Waals surface area contributed by atoms with Crippen LogP contribution >= 0.6 is 22.6 Å². The zero-order valence-corrected chi connectivity index (χ0v) is 24.9. The number of benzene rings is 3. The van der Waals surface area contributed by atoms with Crippen LogP contribution in [0.15, 0.2) is 83.8 Å². The van der Waals surface area contributed by atoms with Gasteiger partial charge in [0, 0.05) is 16.7 Å². The lowest BCUT2D eigenvalue weighted by atomic mass is 10.1. The van der Waals surface area contributed by atoms with Crippen LogP contribution in [0.25, 0.3) is 0 Å². The molecule has 0 aliphatic carbocycles. The number of rotatable bonds is 12. The molecule has 1 atom stereocenters. The zero-order valence-electron chi connectivity index (χ0n) is 21.9. The van der Waals surface area contributed by atoms with Crippen LogP contribution in [0.4, 0.5) is 5.69 Å². The van der Waals surface area contributed by atoms with Gasteiger partial charge in [0.05, 0.1) is 10.6 Å². The molecule has 0 unspecified atom stereocenters. The van der Waals surface area contributed by atoms with Crippen molar-refractivity contribution in [3.8, 4) is 0 Å². The molecule has 2 amide bonds. The Hall–Kier alpha value is -2.92. The number of amides is 2. The predicted molar refractivity (Wildman–Crippen MR) is 159 cm³/mol. The fourth-order valence-corrected chi connectivity index (χ4v) is 5.91. The maximum Gasteiger partial charge on any atom is 0.264 e. The summed E-state index contributed by atoms with van der Waals surface area (Å²) in [4.78, 5) is 28.7. The first-order valence-electron chi connectivity index (χ1n) is 12.6. The average Bonchev–Trinajstić information content (AvgIpc) is 2.92. The van der Waals surface area contributed by atoms with Gasteiger partial charge < -0.3 is 10.2 Å². The van der Waals surface area contributed by atoms with E-state index >= 15 is 0 Å². The molecule has 0 saturated carbocycles. The largest absolute Gasteiger partial charge is 0.354 e. The van der Waals surface area contributed by atoms with Crippen molar-refractivity contribution in [2.75, 3.05) is 17.4 Å². The molecule has 3 aromatic rings. The number of hydrogen-bond donors (Lipinski definition) is 1. The molecule has 0 saturated heterocycles. The molecule has 38 heavy (non-hydrogen) atoms. The first kappa shape index (κ1) is 29.6. The number of carbonyl (C=O) groups excluding carboxylic acids is 2. The summed E-state index contributed by atoms with van der Waals surface area (Å²) in [5, 5.41) is 2.90. The van der Waals surface area contributed by atoms with Crippen LogP contribution in [0.1, 0.15) is 37.8 Å². The minimum atomic E-state index is -4.06. The van der Waals surface area contributed by atoms with Crippen LogP contribution in [-0.4, -0.2) is 44.3 Å². The van der Waals surface area contributed by atoms with E-state index in [2.05, 4.69) is 27.9 Å². The lowest BCUT2D eigenvalue weighted by Crippen LogP contribution is -2.52. The van der Waals surface area contributed by atoms with Gasteiger partial charge >= 0.3 is 0 Å². The Labute approximate surface area is 239 Å². The number of nitrogens with zero attached hydrogens (tertiary/aromatic N) is 2. The maximum absolute atomic E-state index is 14.0. The molecule has 0 bridgehead atoms. The third-order valence-electron chi connectivity index (χ3n) is 6.26. The van der Waals surface area contributed by atoms with E-state index in [9.17, 15) is 18.0 Å². The Morgan fingerprint density at radius 1 is 0.921 bits per heavy atom. The number of sulfonamides is 1. The summed E-state index contributed by atoms with van der Waals surface area (Å²) in [5.74, 6) is -0.701. The average molecular weight is 648 g/mol.